The number of benzene rings is 2. The Morgan fingerprint density at radius 2 is 1.84 bits per heavy atom. The van der Waals surface area contributed by atoms with Gasteiger partial charge < -0.3 is 14.1 Å². The van der Waals surface area contributed by atoms with E-state index < -0.39 is 5.76 Å². The maximum absolute atomic E-state index is 12.8. The molecule has 0 saturated carbocycles. The molecule has 32 heavy (non-hydrogen) atoms. The molecule has 1 amide bonds. The molecule has 2 aromatic heterocycles. The van der Waals surface area contributed by atoms with Crippen molar-refractivity contribution in [1.29, 1.82) is 0 Å². The summed E-state index contributed by atoms with van der Waals surface area (Å²) < 4.78 is 12.1. The highest BCUT2D eigenvalue weighted by molar-refractivity contribution is 7.13. The first-order valence-electron chi connectivity index (χ1n) is 10.3. The zero-order valence-corrected chi connectivity index (χ0v) is 18.5. The highest BCUT2D eigenvalue weighted by Gasteiger charge is 2.18. The van der Waals surface area contributed by atoms with Gasteiger partial charge in [-0.1, -0.05) is 48.5 Å². The molecule has 2 heterocycles. The monoisotopic (exact) mass is 449 g/mol. The number of amides is 1. The van der Waals surface area contributed by atoms with Crippen LogP contribution in [-0.2, 0) is 24.5 Å². The number of nitrogens with zero attached hydrogens (tertiary/aromatic N) is 3. The maximum Gasteiger partial charge on any atom is 0.437 e. The van der Waals surface area contributed by atoms with Crippen molar-refractivity contribution in [3.63, 3.8) is 0 Å². The summed E-state index contributed by atoms with van der Waals surface area (Å²) in [5.41, 5.74) is 2.07. The second-order valence-electron chi connectivity index (χ2n) is 7.13. The van der Waals surface area contributed by atoms with E-state index in [4.69, 9.17) is 9.15 Å². The Bertz CT molecular complexity index is 1200. The Labute approximate surface area is 189 Å². The molecule has 0 spiro atoms. The quantitative estimate of drug-likeness (QED) is 0.383. The van der Waals surface area contributed by atoms with Gasteiger partial charge in [-0.15, -0.1) is 16.4 Å². The molecule has 2 aromatic carbocycles. The van der Waals surface area contributed by atoms with E-state index in [0.717, 1.165) is 26.4 Å². The lowest BCUT2D eigenvalue weighted by molar-refractivity contribution is -0.132. The Morgan fingerprint density at radius 3 is 2.53 bits per heavy atom. The van der Waals surface area contributed by atoms with Crippen LogP contribution in [0.25, 0.3) is 10.8 Å². The fourth-order valence-corrected chi connectivity index (χ4v) is 3.81. The Morgan fingerprint density at radius 1 is 1.06 bits per heavy atom. The molecule has 164 valence electrons. The van der Waals surface area contributed by atoms with Gasteiger partial charge in [-0.05, 0) is 41.6 Å². The molecule has 0 unspecified atom stereocenters. The summed E-state index contributed by atoms with van der Waals surface area (Å²) in [6, 6.07) is 21.3. The van der Waals surface area contributed by atoms with Crippen molar-refractivity contribution < 1.29 is 13.9 Å². The topological polar surface area (TPSA) is 77.6 Å². The fourth-order valence-electron chi connectivity index (χ4n) is 3.16. The Balaban J connectivity index is 1.35. The highest BCUT2D eigenvalue weighted by Crippen LogP contribution is 2.21. The molecule has 8 heteroatoms. The second-order valence-corrected chi connectivity index (χ2v) is 8.08. The molecule has 7 nitrogen and oxygen atoms in total. The molecule has 0 N–H and O–H groups in total. The second kappa shape index (κ2) is 10.1. The number of hydrogen-bond donors (Lipinski definition) is 0. The molecule has 0 radical (unpaired) electrons. The Kier molecular flexibility index (Phi) is 6.81. The van der Waals surface area contributed by atoms with Crippen molar-refractivity contribution in [3.8, 4) is 16.5 Å². The number of carbonyl (C=O) groups is 1. The van der Waals surface area contributed by atoms with Crippen molar-refractivity contribution in [2.24, 2.45) is 0 Å². The average Bonchev–Trinajstić information content (AvgIpc) is 3.48. The van der Waals surface area contributed by atoms with Crippen molar-refractivity contribution >= 4 is 17.2 Å². The number of carbonyl (C=O) groups excluding carboxylic acids is 1. The van der Waals surface area contributed by atoms with Gasteiger partial charge in [0, 0.05) is 13.1 Å². The summed E-state index contributed by atoms with van der Waals surface area (Å²) in [5, 5.41) is 6.03. The molecule has 0 aliphatic rings. The minimum Gasteiger partial charge on any atom is -0.489 e. The molecule has 0 saturated heterocycles. The van der Waals surface area contributed by atoms with Crippen LogP contribution in [0.2, 0.25) is 0 Å². The van der Waals surface area contributed by atoms with E-state index in [1.165, 1.54) is 11.3 Å². The third-order valence-electron chi connectivity index (χ3n) is 4.90. The van der Waals surface area contributed by atoms with Gasteiger partial charge >= 0.3 is 5.76 Å². The third-order valence-corrected chi connectivity index (χ3v) is 5.76. The van der Waals surface area contributed by atoms with Gasteiger partial charge in [-0.2, -0.15) is 4.68 Å². The van der Waals surface area contributed by atoms with E-state index in [2.05, 4.69) is 5.10 Å². The number of ether oxygens (including phenoxy) is 1. The van der Waals surface area contributed by atoms with Gasteiger partial charge in [0.25, 0.3) is 5.89 Å². The van der Waals surface area contributed by atoms with E-state index in [0.29, 0.717) is 19.7 Å². The molecule has 0 fully saturated rings. The standard InChI is InChI=1S/C24H23N3O4S/c1-2-26(22(28)16-27-24(29)31-23(25-27)21-9-6-14-32-21)15-18-10-12-20(13-11-18)30-17-19-7-4-3-5-8-19/h3-14H,2,15-17H2,1H3. The van der Waals surface area contributed by atoms with Gasteiger partial charge in [0.15, 0.2) is 0 Å². The van der Waals surface area contributed by atoms with Crippen LogP contribution in [-0.4, -0.2) is 27.1 Å². The molecule has 0 bridgehead atoms. The molecule has 4 rings (SSSR count). The summed E-state index contributed by atoms with van der Waals surface area (Å²) in [7, 11) is 0. The smallest absolute Gasteiger partial charge is 0.437 e. The summed E-state index contributed by atoms with van der Waals surface area (Å²) in [4.78, 5) is 27.3. The summed E-state index contributed by atoms with van der Waals surface area (Å²) in [6.45, 7) is 3.17. The van der Waals surface area contributed by atoms with Crippen LogP contribution in [0, 0.1) is 0 Å². The van der Waals surface area contributed by atoms with Gasteiger partial charge in [0.1, 0.15) is 18.9 Å². The average molecular weight is 450 g/mol. The first-order chi connectivity index (χ1) is 15.6. The van der Waals surface area contributed by atoms with Crippen LogP contribution in [0.4, 0.5) is 0 Å². The zero-order chi connectivity index (χ0) is 22.3. The van der Waals surface area contributed by atoms with Crippen LogP contribution in [0.15, 0.2) is 81.3 Å². The van der Waals surface area contributed by atoms with Gasteiger partial charge in [0.05, 0.1) is 4.88 Å². The van der Waals surface area contributed by atoms with Crippen molar-refractivity contribution in [1.82, 2.24) is 14.7 Å². The third kappa shape index (κ3) is 5.33. The molecule has 0 aliphatic carbocycles. The number of likely N-dealkylation sites (N-methyl/N-ethyl adjacent to an activating group) is 1. The normalized spacial score (nSPS) is 10.8. The lowest BCUT2D eigenvalue weighted by Gasteiger charge is -2.20. The van der Waals surface area contributed by atoms with E-state index >= 15 is 0 Å². The molecule has 4 aromatic rings. The predicted molar refractivity (Wildman–Crippen MR) is 122 cm³/mol. The van der Waals surface area contributed by atoms with Crippen LogP contribution in [0.3, 0.4) is 0 Å². The predicted octanol–water partition coefficient (Wildman–Crippen LogP) is 4.19. The lowest BCUT2D eigenvalue weighted by atomic mass is 10.2. The first-order valence-corrected chi connectivity index (χ1v) is 11.2. The largest absolute Gasteiger partial charge is 0.489 e. The van der Waals surface area contributed by atoms with E-state index in [1.54, 1.807) is 4.90 Å². The van der Waals surface area contributed by atoms with Crippen molar-refractivity contribution in [2.75, 3.05) is 6.54 Å². The molecule has 0 aliphatic heterocycles. The number of rotatable bonds is 9. The van der Waals surface area contributed by atoms with Crippen LogP contribution >= 0.6 is 11.3 Å². The summed E-state index contributed by atoms with van der Waals surface area (Å²) >= 11 is 1.42. The van der Waals surface area contributed by atoms with Crippen LogP contribution in [0.1, 0.15) is 18.1 Å². The minimum atomic E-state index is -0.641. The Hall–Kier alpha value is -3.65. The number of aromatic nitrogens is 2. The van der Waals surface area contributed by atoms with E-state index in [-0.39, 0.29) is 18.3 Å². The lowest BCUT2D eigenvalue weighted by Crippen LogP contribution is -2.35. The number of thiophene rings is 1. The molecular formula is C24H23N3O4S. The van der Waals surface area contributed by atoms with Crippen molar-refractivity contribution in [2.45, 2.75) is 26.6 Å². The fraction of sp³-hybridized carbons (Fsp3) is 0.208. The highest BCUT2D eigenvalue weighted by atomic mass is 32.1. The van der Waals surface area contributed by atoms with Gasteiger partial charge in [-0.25, -0.2) is 4.79 Å². The number of hydrogen-bond acceptors (Lipinski definition) is 6. The zero-order valence-electron chi connectivity index (χ0n) is 17.6. The minimum absolute atomic E-state index is 0.167. The van der Waals surface area contributed by atoms with Crippen LogP contribution < -0.4 is 10.5 Å². The van der Waals surface area contributed by atoms with Gasteiger partial charge in [-0.3, -0.25) is 4.79 Å². The molecule has 0 atom stereocenters. The maximum atomic E-state index is 12.8. The van der Waals surface area contributed by atoms with Crippen LogP contribution in [0.5, 0.6) is 5.75 Å². The van der Waals surface area contributed by atoms with E-state index in [9.17, 15) is 9.59 Å². The van der Waals surface area contributed by atoms with Crippen molar-refractivity contribution in [3.05, 3.63) is 93.8 Å². The SMILES string of the molecule is CCN(Cc1ccc(OCc2ccccc2)cc1)C(=O)Cn1nc(-c2cccs2)oc1=O. The summed E-state index contributed by atoms with van der Waals surface area (Å²) in [5.74, 6) is 0.150. The first kappa shape index (κ1) is 21.6. The molecular weight excluding hydrogens is 426 g/mol. The van der Waals surface area contributed by atoms with Gasteiger partial charge in [0.2, 0.25) is 5.91 Å². The summed E-state index contributed by atoms with van der Waals surface area (Å²) in [6.07, 6.45) is 0. The van der Waals surface area contributed by atoms with E-state index in [1.807, 2.05) is 79.0 Å².